The molecular weight excluding hydrogens is 331 g/mol. The van der Waals surface area contributed by atoms with Gasteiger partial charge >= 0.3 is 0 Å². The molecular formula is C12H12BrFN4S. The van der Waals surface area contributed by atoms with Crippen LogP contribution in [0.3, 0.4) is 0 Å². The van der Waals surface area contributed by atoms with E-state index >= 15 is 0 Å². The van der Waals surface area contributed by atoms with E-state index in [1.165, 1.54) is 23.9 Å². The molecule has 7 heteroatoms. The molecule has 0 fully saturated rings. The standard InChI is InChI=1S/C12H12BrFN4S/c1-2-5-18-11(15)16-17-12(18)19-7-8-3-4-9(14)6-10(8)13/h2-4,6H,1,5,7H2,(H2,15,16). The summed E-state index contributed by atoms with van der Waals surface area (Å²) in [6.45, 7) is 4.23. The molecule has 0 atom stereocenters. The summed E-state index contributed by atoms with van der Waals surface area (Å²) in [5.41, 5.74) is 6.70. The van der Waals surface area contributed by atoms with Crippen molar-refractivity contribution in [3.63, 3.8) is 0 Å². The van der Waals surface area contributed by atoms with Crippen molar-refractivity contribution in [1.82, 2.24) is 14.8 Å². The van der Waals surface area contributed by atoms with Crippen molar-refractivity contribution in [3.05, 3.63) is 46.7 Å². The fourth-order valence-corrected chi connectivity index (χ4v) is 3.12. The van der Waals surface area contributed by atoms with Crippen LogP contribution in [-0.4, -0.2) is 14.8 Å². The summed E-state index contributed by atoms with van der Waals surface area (Å²) in [6.07, 6.45) is 1.73. The van der Waals surface area contributed by atoms with E-state index < -0.39 is 0 Å². The molecule has 0 bridgehead atoms. The molecule has 0 unspecified atom stereocenters. The zero-order valence-electron chi connectivity index (χ0n) is 10.0. The molecule has 0 saturated carbocycles. The number of halogens is 2. The largest absolute Gasteiger partial charge is 0.368 e. The summed E-state index contributed by atoms with van der Waals surface area (Å²) in [5, 5.41) is 8.56. The van der Waals surface area contributed by atoms with E-state index in [0.29, 0.717) is 23.4 Å². The second kappa shape index (κ2) is 6.21. The molecule has 0 aliphatic rings. The van der Waals surface area contributed by atoms with Crippen molar-refractivity contribution in [3.8, 4) is 0 Å². The summed E-state index contributed by atoms with van der Waals surface area (Å²) in [5.74, 6) is 0.746. The lowest BCUT2D eigenvalue weighted by atomic mass is 10.2. The number of rotatable bonds is 5. The monoisotopic (exact) mass is 342 g/mol. The van der Waals surface area contributed by atoms with E-state index in [-0.39, 0.29) is 5.82 Å². The minimum Gasteiger partial charge on any atom is -0.368 e. The van der Waals surface area contributed by atoms with Gasteiger partial charge in [-0.05, 0) is 17.7 Å². The van der Waals surface area contributed by atoms with Crippen molar-refractivity contribution >= 4 is 33.6 Å². The van der Waals surface area contributed by atoms with Crippen LogP contribution in [0, 0.1) is 5.82 Å². The third-order valence-corrected chi connectivity index (χ3v) is 4.18. The van der Waals surface area contributed by atoms with Crippen LogP contribution < -0.4 is 5.73 Å². The van der Waals surface area contributed by atoms with Gasteiger partial charge < -0.3 is 5.73 Å². The van der Waals surface area contributed by atoms with Crippen molar-refractivity contribution in [1.29, 1.82) is 0 Å². The number of anilines is 1. The number of thioether (sulfide) groups is 1. The zero-order chi connectivity index (χ0) is 13.8. The van der Waals surface area contributed by atoms with Gasteiger partial charge in [0.15, 0.2) is 5.16 Å². The lowest BCUT2D eigenvalue weighted by Gasteiger charge is -2.06. The van der Waals surface area contributed by atoms with Crippen LogP contribution in [-0.2, 0) is 12.3 Å². The first-order chi connectivity index (χ1) is 9.11. The number of nitrogen functional groups attached to an aromatic ring is 1. The number of hydrogen-bond acceptors (Lipinski definition) is 4. The lowest BCUT2D eigenvalue weighted by Crippen LogP contribution is -2.03. The highest BCUT2D eigenvalue weighted by atomic mass is 79.9. The quantitative estimate of drug-likeness (QED) is 0.669. The van der Waals surface area contributed by atoms with Crippen LogP contribution in [0.1, 0.15) is 5.56 Å². The maximum absolute atomic E-state index is 13.0. The van der Waals surface area contributed by atoms with Crippen molar-refractivity contribution in [2.75, 3.05) is 5.73 Å². The van der Waals surface area contributed by atoms with Gasteiger partial charge in [0.1, 0.15) is 5.82 Å². The highest BCUT2D eigenvalue weighted by Crippen LogP contribution is 2.27. The lowest BCUT2D eigenvalue weighted by molar-refractivity contribution is 0.626. The number of nitrogens with zero attached hydrogens (tertiary/aromatic N) is 3. The van der Waals surface area contributed by atoms with Crippen LogP contribution in [0.2, 0.25) is 0 Å². The Bertz CT molecular complexity index is 599. The van der Waals surface area contributed by atoms with Crippen LogP contribution in [0.15, 0.2) is 40.5 Å². The van der Waals surface area contributed by atoms with Gasteiger partial charge in [0.25, 0.3) is 0 Å². The predicted molar refractivity (Wildman–Crippen MR) is 78.3 cm³/mol. The summed E-state index contributed by atoms with van der Waals surface area (Å²) < 4.78 is 15.5. The zero-order valence-corrected chi connectivity index (χ0v) is 12.4. The van der Waals surface area contributed by atoms with Crippen LogP contribution >= 0.6 is 27.7 Å². The van der Waals surface area contributed by atoms with Gasteiger partial charge in [-0.25, -0.2) is 4.39 Å². The summed E-state index contributed by atoms with van der Waals surface area (Å²) in [6, 6.07) is 4.62. The first-order valence-electron chi connectivity index (χ1n) is 5.48. The van der Waals surface area contributed by atoms with Gasteiger partial charge in [0, 0.05) is 16.8 Å². The Labute approximate surface area is 123 Å². The topological polar surface area (TPSA) is 56.7 Å². The third-order valence-electron chi connectivity index (χ3n) is 2.43. The van der Waals surface area contributed by atoms with Crippen molar-refractivity contribution in [2.45, 2.75) is 17.5 Å². The molecule has 0 amide bonds. The maximum Gasteiger partial charge on any atom is 0.222 e. The van der Waals surface area contributed by atoms with E-state index in [4.69, 9.17) is 5.73 Å². The van der Waals surface area contributed by atoms with E-state index in [1.54, 1.807) is 16.7 Å². The molecule has 0 spiro atoms. The Morgan fingerprint density at radius 1 is 1.47 bits per heavy atom. The van der Waals surface area contributed by atoms with Gasteiger partial charge in [-0.3, -0.25) is 4.57 Å². The molecule has 0 saturated heterocycles. The minimum atomic E-state index is -0.264. The SMILES string of the molecule is C=CCn1c(N)nnc1SCc1ccc(F)cc1Br. The molecule has 100 valence electrons. The summed E-state index contributed by atoms with van der Waals surface area (Å²) in [7, 11) is 0. The van der Waals surface area contributed by atoms with Crippen molar-refractivity contribution in [2.24, 2.45) is 0 Å². The molecule has 19 heavy (non-hydrogen) atoms. The van der Waals surface area contributed by atoms with E-state index in [9.17, 15) is 4.39 Å². The smallest absolute Gasteiger partial charge is 0.222 e. The first kappa shape index (κ1) is 14.1. The molecule has 1 aromatic heterocycles. The second-order valence-electron chi connectivity index (χ2n) is 3.76. The fraction of sp³-hybridized carbons (Fsp3) is 0.167. The van der Waals surface area contributed by atoms with Crippen LogP contribution in [0.4, 0.5) is 10.3 Å². The maximum atomic E-state index is 13.0. The van der Waals surface area contributed by atoms with Crippen LogP contribution in [0.5, 0.6) is 0 Å². The van der Waals surface area contributed by atoms with Crippen LogP contribution in [0.25, 0.3) is 0 Å². The van der Waals surface area contributed by atoms with E-state index in [2.05, 4.69) is 32.7 Å². The highest BCUT2D eigenvalue weighted by molar-refractivity contribution is 9.10. The molecule has 2 aromatic rings. The number of benzene rings is 1. The number of nitrogens with two attached hydrogens (primary N) is 1. The van der Waals surface area contributed by atoms with Gasteiger partial charge in [-0.1, -0.05) is 39.8 Å². The van der Waals surface area contributed by atoms with Crippen molar-refractivity contribution < 1.29 is 4.39 Å². The predicted octanol–water partition coefficient (Wildman–Crippen LogP) is 3.24. The summed E-state index contributed by atoms with van der Waals surface area (Å²) in [4.78, 5) is 0. The molecule has 4 nitrogen and oxygen atoms in total. The molecule has 2 N–H and O–H groups in total. The number of allylic oxidation sites excluding steroid dienone is 1. The van der Waals surface area contributed by atoms with Gasteiger partial charge in [0.2, 0.25) is 5.95 Å². The molecule has 1 aromatic carbocycles. The number of hydrogen-bond donors (Lipinski definition) is 1. The Hall–Kier alpha value is -1.34. The molecule has 2 rings (SSSR count). The highest BCUT2D eigenvalue weighted by Gasteiger charge is 2.10. The Morgan fingerprint density at radius 2 is 2.26 bits per heavy atom. The summed E-state index contributed by atoms with van der Waals surface area (Å²) >= 11 is 4.83. The second-order valence-corrected chi connectivity index (χ2v) is 5.56. The molecule has 0 aliphatic heterocycles. The molecule has 1 heterocycles. The van der Waals surface area contributed by atoms with E-state index in [0.717, 1.165) is 10.0 Å². The third kappa shape index (κ3) is 3.36. The Balaban J connectivity index is 2.12. The van der Waals surface area contributed by atoms with Gasteiger partial charge in [-0.15, -0.1) is 16.8 Å². The first-order valence-corrected chi connectivity index (χ1v) is 7.26. The number of aromatic nitrogens is 3. The van der Waals surface area contributed by atoms with E-state index in [1.807, 2.05) is 0 Å². The normalized spacial score (nSPS) is 10.6. The minimum absolute atomic E-state index is 0.264. The molecule has 0 aliphatic carbocycles. The average Bonchev–Trinajstić information content (AvgIpc) is 2.71. The Morgan fingerprint density at radius 3 is 2.95 bits per heavy atom. The Kier molecular flexibility index (Phi) is 4.60. The van der Waals surface area contributed by atoms with Gasteiger partial charge in [-0.2, -0.15) is 0 Å². The average molecular weight is 343 g/mol. The fourth-order valence-electron chi connectivity index (χ4n) is 1.49. The molecule has 0 radical (unpaired) electrons. The van der Waals surface area contributed by atoms with Gasteiger partial charge in [0.05, 0.1) is 0 Å².